The van der Waals surface area contributed by atoms with E-state index in [2.05, 4.69) is 0 Å². The molecule has 0 aromatic rings. The highest BCUT2D eigenvalue weighted by Gasteiger charge is 2.25. The Bertz CT molecular complexity index is 255. The zero-order valence-electron chi connectivity index (χ0n) is 9.40. The molecular weight excluding hydrogens is 194 g/mol. The summed E-state index contributed by atoms with van der Waals surface area (Å²) >= 11 is 0. The Balaban J connectivity index is 2.44. The van der Waals surface area contributed by atoms with Gasteiger partial charge < -0.3 is 15.5 Å². The van der Waals surface area contributed by atoms with Crippen LogP contribution in [0.5, 0.6) is 0 Å². The first-order valence-electron chi connectivity index (χ1n) is 5.26. The first kappa shape index (κ1) is 12.0. The molecule has 2 amide bonds. The lowest BCUT2D eigenvalue weighted by Crippen LogP contribution is -2.51. The molecule has 1 aliphatic rings. The highest BCUT2D eigenvalue weighted by molar-refractivity contribution is 5.85. The van der Waals surface area contributed by atoms with E-state index < -0.39 is 0 Å². The molecule has 1 rings (SSSR count). The van der Waals surface area contributed by atoms with E-state index in [1.165, 1.54) is 0 Å². The van der Waals surface area contributed by atoms with E-state index in [0.29, 0.717) is 26.1 Å². The minimum absolute atomic E-state index is 0.00926. The Morgan fingerprint density at radius 2 is 2.20 bits per heavy atom. The van der Waals surface area contributed by atoms with Crippen LogP contribution in [0, 0.1) is 5.92 Å². The van der Waals surface area contributed by atoms with E-state index >= 15 is 0 Å². The Kier molecular flexibility index (Phi) is 4.08. The van der Waals surface area contributed by atoms with Gasteiger partial charge in [-0.2, -0.15) is 0 Å². The predicted molar refractivity (Wildman–Crippen MR) is 57.1 cm³/mol. The van der Waals surface area contributed by atoms with Crippen LogP contribution >= 0.6 is 0 Å². The second kappa shape index (κ2) is 5.11. The fourth-order valence-electron chi connectivity index (χ4n) is 1.48. The van der Waals surface area contributed by atoms with Crippen molar-refractivity contribution in [3.8, 4) is 0 Å². The fourth-order valence-corrected chi connectivity index (χ4v) is 1.48. The average molecular weight is 213 g/mol. The van der Waals surface area contributed by atoms with Gasteiger partial charge in [-0.05, 0) is 12.5 Å². The topological polar surface area (TPSA) is 66.6 Å². The molecule has 1 fully saturated rings. The maximum atomic E-state index is 11.7. The number of hydrogen-bond donors (Lipinski definition) is 1. The van der Waals surface area contributed by atoms with Gasteiger partial charge in [0.05, 0.1) is 6.54 Å². The number of carbonyl (C=O) groups is 2. The number of rotatable bonds is 3. The molecular formula is C10H19N3O2. The minimum Gasteiger partial charge on any atom is -0.342 e. The van der Waals surface area contributed by atoms with Gasteiger partial charge in [0.15, 0.2) is 0 Å². The normalized spacial score (nSPS) is 19.3. The van der Waals surface area contributed by atoms with Crippen LogP contribution in [0.25, 0.3) is 0 Å². The van der Waals surface area contributed by atoms with Crippen molar-refractivity contribution in [3.05, 3.63) is 0 Å². The molecule has 1 aliphatic heterocycles. The van der Waals surface area contributed by atoms with Crippen LogP contribution in [-0.2, 0) is 9.59 Å². The van der Waals surface area contributed by atoms with E-state index in [9.17, 15) is 9.59 Å². The van der Waals surface area contributed by atoms with Gasteiger partial charge in [-0.25, -0.2) is 0 Å². The number of nitrogens with zero attached hydrogens (tertiary/aromatic N) is 2. The van der Waals surface area contributed by atoms with E-state index in [-0.39, 0.29) is 24.3 Å². The van der Waals surface area contributed by atoms with Crippen LogP contribution < -0.4 is 5.73 Å². The van der Waals surface area contributed by atoms with E-state index in [1.54, 1.807) is 16.8 Å². The maximum Gasteiger partial charge on any atom is 0.241 e. The van der Waals surface area contributed by atoms with E-state index in [4.69, 9.17) is 5.73 Å². The monoisotopic (exact) mass is 213 g/mol. The minimum atomic E-state index is 0.00926. The standard InChI is InChI=1S/C10H19N3O2/c1-8(6-11)5-9(14)13-4-3-12(2)10(15)7-13/h8H,3-7,11H2,1-2H3. The van der Waals surface area contributed by atoms with Gasteiger partial charge in [0.1, 0.15) is 0 Å². The first-order chi connectivity index (χ1) is 7.04. The zero-order chi connectivity index (χ0) is 11.4. The smallest absolute Gasteiger partial charge is 0.241 e. The number of nitrogens with two attached hydrogens (primary N) is 1. The summed E-state index contributed by atoms with van der Waals surface area (Å²) in [7, 11) is 1.76. The molecule has 1 atom stereocenters. The lowest BCUT2D eigenvalue weighted by molar-refractivity contribution is -0.144. The lowest BCUT2D eigenvalue weighted by Gasteiger charge is -2.32. The number of amides is 2. The predicted octanol–water partition coefficient (Wildman–Crippen LogP) is -0.728. The van der Waals surface area contributed by atoms with Crippen molar-refractivity contribution in [2.75, 3.05) is 33.2 Å². The van der Waals surface area contributed by atoms with Crippen LogP contribution in [0.3, 0.4) is 0 Å². The Morgan fingerprint density at radius 1 is 1.53 bits per heavy atom. The molecule has 0 saturated carbocycles. The molecule has 1 heterocycles. The third kappa shape index (κ3) is 3.20. The SMILES string of the molecule is CC(CN)CC(=O)N1CCN(C)C(=O)C1. The molecule has 0 aromatic heterocycles. The van der Waals surface area contributed by atoms with Crippen LogP contribution in [0.15, 0.2) is 0 Å². The molecule has 86 valence electrons. The van der Waals surface area contributed by atoms with Crippen molar-refractivity contribution in [1.82, 2.24) is 9.80 Å². The highest BCUT2D eigenvalue weighted by Crippen LogP contribution is 2.07. The molecule has 1 unspecified atom stereocenters. The van der Waals surface area contributed by atoms with Crippen molar-refractivity contribution in [1.29, 1.82) is 0 Å². The van der Waals surface area contributed by atoms with Gasteiger partial charge in [-0.15, -0.1) is 0 Å². The number of piperazine rings is 1. The maximum absolute atomic E-state index is 11.7. The molecule has 5 nitrogen and oxygen atoms in total. The lowest BCUT2D eigenvalue weighted by atomic mass is 10.1. The van der Waals surface area contributed by atoms with Crippen LogP contribution in [0.4, 0.5) is 0 Å². The fraction of sp³-hybridized carbons (Fsp3) is 0.800. The van der Waals surface area contributed by atoms with Crippen molar-refractivity contribution in [3.63, 3.8) is 0 Å². The van der Waals surface area contributed by atoms with Crippen molar-refractivity contribution >= 4 is 11.8 Å². The summed E-state index contributed by atoms with van der Waals surface area (Å²) in [6.07, 6.45) is 0.438. The molecule has 2 N–H and O–H groups in total. The van der Waals surface area contributed by atoms with Gasteiger partial charge in [0.25, 0.3) is 0 Å². The zero-order valence-corrected chi connectivity index (χ0v) is 9.40. The summed E-state index contributed by atoms with van der Waals surface area (Å²) in [6.45, 7) is 3.93. The Morgan fingerprint density at radius 3 is 2.73 bits per heavy atom. The van der Waals surface area contributed by atoms with E-state index in [1.807, 2.05) is 6.92 Å². The molecule has 0 bridgehead atoms. The quantitative estimate of drug-likeness (QED) is 0.672. The number of carbonyl (C=O) groups excluding carboxylic acids is 2. The molecule has 0 radical (unpaired) electrons. The van der Waals surface area contributed by atoms with Gasteiger partial charge in [-0.3, -0.25) is 9.59 Å². The van der Waals surface area contributed by atoms with E-state index in [0.717, 1.165) is 0 Å². The molecule has 5 heteroatoms. The summed E-state index contributed by atoms with van der Waals surface area (Å²) in [5, 5.41) is 0. The van der Waals surface area contributed by atoms with Crippen molar-refractivity contribution in [2.24, 2.45) is 11.7 Å². The first-order valence-corrected chi connectivity index (χ1v) is 5.26. The molecule has 1 saturated heterocycles. The van der Waals surface area contributed by atoms with Crippen molar-refractivity contribution in [2.45, 2.75) is 13.3 Å². The summed E-state index contributed by atoms with van der Waals surface area (Å²) < 4.78 is 0. The Hall–Kier alpha value is -1.10. The van der Waals surface area contributed by atoms with Crippen LogP contribution in [-0.4, -0.2) is 54.8 Å². The second-order valence-corrected chi connectivity index (χ2v) is 4.18. The molecule has 15 heavy (non-hydrogen) atoms. The second-order valence-electron chi connectivity index (χ2n) is 4.18. The highest BCUT2D eigenvalue weighted by atomic mass is 16.2. The summed E-state index contributed by atoms with van der Waals surface area (Å²) in [5.41, 5.74) is 5.45. The number of hydrogen-bond acceptors (Lipinski definition) is 3. The molecule has 0 aromatic carbocycles. The molecule has 0 spiro atoms. The van der Waals surface area contributed by atoms with Gasteiger partial charge >= 0.3 is 0 Å². The number of likely N-dealkylation sites (N-methyl/N-ethyl adjacent to an activating group) is 1. The van der Waals surface area contributed by atoms with Gasteiger partial charge in [0.2, 0.25) is 11.8 Å². The Labute approximate surface area is 90.2 Å². The largest absolute Gasteiger partial charge is 0.342 e. The third-order valence-corrected chi connectivity index (χ3v) is 2.74. The van der Waals surface area contributed by atoms with Gasteiger partial charge in [0, 0.05) is 26.6 Å². The summed E-state index contributed by atoms with van der Waals surface area (Å²) in [6, 6.07) is 0. The van der Waals surface area contributed by atoms with Gasteiger partial charge in [-0.1, -0.05) is 6.92 Å². The summed E-state index contributed by atoms with van der Waals surface area (Å²) in [5.74, 6) is 0.233. The average Bonchev–Trinajstić information content (AvgIpc) is 2.21. The van der Waals surface area contributed by atoms with Crippen LogP contribution in [0.1, 0.15) is 13.3 Å². The summed E-state index contributed by atoms with van der Waals surface area (Å²) in [4.78, 5) is 26.4. The third-order valence-electron chi connectivity index (χ3n) is 2.74. The van der Waals surface area contributed by atoms with Crippen LogP contribution in [0.2, 0.25) is 0 Å². The van der Waals surface area contributed by atoms with Crippen molar-refractivity contribution < 1.29 is 9.59 Å². The molecule has 0 aliphatic carbocycles.